The van der Waals surface area contributed by atoms with Gasteiger partial charge in [0.2, 0.25) is 5.91 Å². The molecule has 3 aromatic rings. The number of fused-ring (bicyclic) bond motifs is 3. The number of para-hydroxylation sites is 1. The second kappa shape index (κ2) is 6.33. The van der Waals surface area contributed by atoms with Crippen LogP contribution in [-0.2, 0) is 19.4 Å². The van der Waals surface area contributed by atoms with Crippen molar-refractivity contribution < 1.29 is 14.7 Å². The Morgan fingerprint density at radius 2 is 1.77 bits per heavy atom. The van der Waals surface area contributed by atoms with Gasteiger partial charge in [-0.15, -0.1) is 0 Å². The molecule has 0 bridgehead atoms. The summed E-state index contributed by atoms with van der Waals surface area (Å²) in [5.41, 5.74) is 10.4. The minimum Gasteiger partial charge on any atom is -0.478 e. The highest BCUT2D eigenvalue weighted by atomic mass is 16.4. The van der Waals surface area contributed by atoms with Gasteiger partial charge in [0.05, 0.1) is 11.1 Å². The van der Waals surface area contributed by atoms with Gasteiger partial charge in [-0.1, -0.05) is 24.3 Å². The van der Waals surface area contributed by atoms with Crippen molar-refractivity contribution in [2.45, 2.75) is 32.2 Å². The molecule has 0 atom stereocenters. The summed E-state index contributed by atoms with van der Waals surface area (Å²) in [4.78, 5) is 23.1. The largest absolute Gasteiger partial charge is 0.478 e. The van der Waals surface area contributed by atoms with E-state index in [-0.39, 0.29) is 0 Å². The Balaban J connectivity index is 1.88. The molecule has 26 heavy (non-hydrogen) atoms. The van der Waals surface area contributed by atoms with Crippen molar-refractivity contribution in [1.29, 1.82) is 0 Å². The third-order valence-electron chi connectivity index (χ3n) is 5.21. The van der Waals surface area contributed by atoms with Crippen LogP contribution in [0.3, 0.4) is 0 Å². The maximum absolute atomic E-state index is 11.8. The van der Waals surface area contributed by atoms with E-state index >= 15 is 0 Å². The molecule has 0 spiro atoms. The normalized spacial score (nSPS) is 13.5. The predicted octanol–water partition coefficient (Wildman–Crippen LogP) is 3.37. The number of nitrogens with two attached hydrogens (primary N) is 1. The van der Waals surface area contributed by atoms with Crippen LogP contribution in [0.4, 0.5) is 0 Å². The number of hydrogen-bond donors (Lipinski definition) is 2. The van der Waals surface area contributed by atoms with Crippen molar-refractivity contribution in [1.82, 2.24) is 4.57 Å². The molecule has 0 radical (unpaired) electrons. The zero-order valence-electron chi connectivity index (χ0n) is 14.4. The number of aromatic nitrogens is 1. The average Bonchev–Trinajstić information content (AvgIpc) is 2.96. The average molecular weight is 348 g/mol. The lowest BCUT2D eigenvalue weighted by Crippen LogP contribution is -2.12. The summed E-state index contributed by atoms with van der Waals surface area (Å²) in [6, 6.07) is 12.7. The molecule has 132 valence electrons. The van der Waals surface area contributed by atoms with Crippen molar-refractivity contribution in [3.05, 3.63) is 70.4 Å². The second-order valence-electron chi connectivity index (χ2n) is 6.79. The molecule has 1 aromatic heterocycles. The molecule has 5 heteroatoms. The van der Waals surface area contributed by atoms with Gasteiger partial charge in [-0.25, -0.2) is 4.79 Å². The van der Waals surface area contributed by atoms with Gasteiger partial charge in [-0.05, 0) is 55.0 Å². The molecule has 0 saturated carbocycles. The first-order valence-corrected chi connectivity index (χ1v) is 8.81. The third-order valence-corrected chi connectivity index (χ3v) is 5.21. The van der Waals surface area contributed by atoms with Crippen LogP contribution in [0.25, 0.3) is 10.9 Å². The summed E-state index contributed by atoms with van der Waals surface area (Å²) < 4.78 is 2.15. The van der Waals surface area contributed by atoms with Crippen molar-refractivity contribution in [3.8, 4) is 0 Å². The van der Waals surface area contributed by atoms with Crippen LogP contribution in [-0.4, -0.2) is 21.6 Å². The summed E-state index contributed by atoms with van der Waals surface area (Å²) in [7, 11) is 0. The van der Waals surface area contributed by atoms with Gasteiger partial charge < -0.3 is 15.4 Å². The van der Waals surface area contributed by atoms with E-state index in [1.165, 1.54) is 11.3 Å². The second-order valence-corrected chi connectivity index (χ2v) is 6.79. The number of carbonyl (C=O) groups is 2. The fourth-order valence-electron chi connectivity index (χ4n) is 3.99. The van der Waals surface area contributed by atoms with Gasteiger partial charge in [0.15, 0.2) is 0 Å². The van der Waals surface area contributed by atoms with Crippen molar-refractivity contribution in [2.75, 3.05) is 0 Å². The molecule has 0 saturated heterocycles. The quantitative estimate of drug-likeness (QED) is 0.758. The number of aromatic carboxylic acids is 1. The number of carbonyl (C=O) groups excluding carboxylic acids is 1. The highest BCUT2D eigenvalue weighted by molar-refractivity contribution is 6.04. The molecule has 0 fully saturated rings. The molecule has 1 aliphatic rings. The van der Waals surface area contributed by atoms with Crippen molar-refractivity contribution in [2.24, 2.45) is 5.73 Å². The first kappa shape index (κ1) is 16.4. The van der Waals surface area contributed by atoms with Crippen LogP contribution in [0, 0.1) is 0 Å². The zero-order valence-corrected chi connectivity index (χ0v) is 14.4. The van der Waals surface area contributed by atoms with E-state index in [1.54, 1.807) is 18.2 Å². The predicted molar refractivity (Wildman–Crippen MR) is 99.6 cm³/mol. The Bertz CT molecular complexity index is 1020. The maximum atomic E-state index is 11.8. The van der Waals surface area contributed by atoms with E-state index in [0.717, 1.165) is 42.1 Å². The molecule has 1 aliphatic carbocycles. The summed E-state index contributed by atoms with van der Waals surface area (Å²) >= 11 is 0. The van der Waals surface area contributed by atoms with E-state index in [1.807, 2.05) is 24.3 Å². The van der Waals surface area contributed by atoms with Crippen LogP contribution >= 0.6 is 0 Å². The first-order valence-electron chi connectivity index (χ1n) is 8.81. The SMILES string of the molecule is NC(=O)c1ccc(Cn2c3c(c4cccc(C(=O)O)c42)CCCC3)cc1. The van der Waals surface area contributed by atoms with Gasteiger partial charge in [0.25, 0.3) is 0 Å². The lowest BCUT2D eigenvalue weighted by molar-refractivity contribution is 0.0698. The number of benzene rings is 2. The van der Waals surface area contributed by atoms with Gasteiger partial charge >= 0.3 is 5.97 Å². The summed E-state index contributed by atoms with van der Waals surface area (Å²) in [6.07, 6.45) is 4.20. The lowest BCUT2D eigenvalue weighted by atomic mass is 9.95. The van der Waals surface area contributed by atoms with E-state index in [0.29, 0.717) is 17.7 Å². The van der Waals surface area contributed by atoms with Crippen LogP contribution < -0.4 is 5.73 Å². The van der Waals surface area contributed by atoms with Crippen LogP contribution in [0.5, 0.6) is 0 Å². The number of carboxylic acid groups (broad SMARTS) is 1. The number of aryl methyl sites for hydroxylation is 1. The van der Waals surface area contributed by atoms with E-state index in [2.05, 4.69) is 4.57 Å². The molecule has 4 rings (SSSR count). The van der Waals surface area contributed by atoms with Crippen LogP contribution in [0.15, 0.2) is 42.5 Å². The Morgan fingerprint density at radius 3 is 2.46 bits per heavy atom. The molecule has 2 aromatic carbocycles. The summed E-state index contributed by atoms with van der Waals surface area (Å²) in [6.45, 7) is 0.579. The fraction of sp³-hybridized carbons (Fsp3) is 0.238. The number of carboxylic acids is 1. The number of primary amides is 1. The van der Waals surface area contributed by atoms with Gasteiger partial charge in [-0.2, -0.15) is 0 Å². The zero-order chi connectivity index (χ0) is 18.3. The molecule has 0 aliphatic heterocycles. The van der Waals surface area contributed by atoms with Crippen LogP contribution in [0.1, 0.15) is 50.4 Å². The fourth-order valence-corrected chi connectivity index (χ4v) is 3.99. The highest BCUT2D eigenvalue weighted by Crippen LogP contribution is 2.34. The summed E-state index contributed by atoms with van der Waals surface area (Å²) in [5.74, 6) is -1.36. The smallest absolute Gasteiger partial charge is 0.337 e. The minimum atomic E-state index is -0.907. The standard InChI is InChI=1S/C21H20N2O3/c22-20(24)14-10-8-13(9-11-14)12-23-18-7-2-1-4-15(18)16-5-3-6-17(19(16)23)21(25)26/h3,5-6,8-11H,1-2,4,7,12H2,(H2,22,24)(H,25,26). The minimum absolute atomic E-state index is 0.339. The highest BCUT2D eigenvalue weighted by Gasteiger charge is 2.23. The molecule has 1 amide bonds. The Morgan fingerprint density at radius 1 is 1.04 bits per heavy atom. The Labute approximate surface area is 151 Å². The first-order chi connectivity index (χ1) is 12.6. The molecular weight excluding hydrogens is 328 g/mol. The topological polar surface area (TPSA) is 85.3 Å². The number of nitrogens with zero attached hydrogens (tertiary/aromatic N) is 1. The number of hydrogen-bond acceptors (Lipinski definition) is 2. The number of rotatable bonds is 4. The monoisotopic (exact) mass is 348 g/mol. The molecule has 5 nitrogen and oxygen atoms in total. The Kier molecular flexibility index (Phi) is 3.99. The van der Waals surface area contributed by atoms with E-state index in [4.69, 9.17) is 5.73 Å². The van der Waals surface area contributed by atoms with Gasteiger partial charge in [0.1, 0.15) is 0 Å². The van der Waals surface area contributed by atoms with Crippen molar-refractivity contribution >= 4 is 22.8 Å². The van der Waals surface area contributed by atoms with Crippen molar-refractivity contribution in [3.63, 3.8) is 0 Å². The number of amides is 1. The molecular formula is C21H20N2O3. The molecule has 1 heterocycles. The van der Waals surface area contributed by atoms with E-state index in [9.17, 15) is 14.7 Å². The maximum Gasteiger partial charge on any atom is 0.337 e. The third kappa shape index (κ3) is 2.65. The lowest BCUT2D eigenvalue weighted by Gasteiger charge is -2.16. The van der Waals surface area contributed by atoms with Gasteiger partial charge in [-0.3, -0.25) is 4.79 Å². The van der Waals surface area contributed by atoms with Crippen LogP contribution in [0.2, 0.25) is 0 Å². The van der Waals surface area contributed by atoms with E-state index < -0.39 is 11.9 Å². The van der Waals surface area contributed by atoms with Gasteiger partial charge in [0, 0.05) is 23.2 Å². The molecule has 3 N–H and O–H groups in total. The molecule has 0 unspecified atom stereocenters. The summed E-state index contributed by atoms with van der Waals surface area (Å²) in [5, 5.41) is 10.7. The Hall–Kier alpha value is -3.08.